The normalized spacial score (nSPS) is 13.0. The summed E-state index contributed by atoms with van der Waals surface area (Å²) in [6.45, 7) is 0. The Hall–Kier alpha value is -7.56. The van der Waals surface area contributed by atoms with Gasteiger partial charge >= 0.3 is 0 Å². The molecule has 0 fully saturated rings. The first-order chi connectivity index (χ1) is 28.8. The van der Waals surface area contributed by atoms with Gasteiger partial charge in [-0.1, -0.05) is 121 Å². The highest BCUT2D eigenvalue weighted by atomic mass is 15.0. The third-order valence-electron chi connectivity index (χ3n) is 12.6. The summed E-state index contributed by atoms with van der Waals surface area (Å²) >= 11 is 0. The standard InChI is InChI=1S/C54H36N4/c1-7-24-43-37(18-1)38-19-2-8-25-44(38)57(43)51-32-14-30-49-53(51)41-22-5-11-28-47(41)55(49)35-16-13-17-36(34-35)56-48-29-12-6-23-42(48)54-50(56)31-15-33-52(54)58-45-26-9-3-20-39(45)40-21-4-10-27-46(40)58/h1-11,13-28,30-34H,12,29H2. The minimum absolute atomic E-state index is 0.981. The van der Waals surface area contributed by atoms with Crippen LogP contribution in [-0.4, -0.2) is 18.3 Å². The van der Waals surface area contributed by atoms with Gasteiger partial charge in [0, 0.05) is 60.3 Å². The molecule has 0 saturated carbocycles. The first kappa shape index (κ1) is 31.6. The SMILES string of the molecule is C1=Cc2c(n(-c3cccc(-n4c5ccccc5c5c(-n6c7ccccc7c7ccccc76)cccc54)c3)c3cccc(-n4c5ccccc5c5ccccc54)c23)CC1. The van der Waals surface area contributed by atoms with E-state index in [0.717, 1.165) is 18.5 Å². The molecule has 8 aromatic carbocycles. The summed E-state index contributed by atoms with van der Waals surface area (Å²) in [5, 5.41) is 8.87. The number of aromatic nitrogens is 4. The first-order valence-electron chi connectivity index (χ1n) is 20.3. The van der Waals surface area contributed by atoms with E-state index in [1.54, 1.807) is 0 Å². The van der Waals surface area contributed by atoms with Crippen LogP contribution in [0.15, 0.2) is 188 Å². The number of para-hydroxylation sites is 5. The van der Waals surface area contributed by atoms with E-state index >= 15 is 0 Å². The third-order valence-corrected chi connectivity index (χ3v) is 12.6. The first-order valence-corrected chi connectivity index (χ1v) is 20.3. The zero-order valence-electron chi connectivity index (χ0n) is 31.7. The molecule has 12 aromatic rings. The van der Waals surface area contributed by atoms with Gasteiger partial charge in [0.25, 0.3) is 0 Å². The highest BCUT2D eigenvalue weighted by Gasteiger charge is 2.24. The molecule has 4 aromatic heterocycles. The largest absolute Gasteiger partial charge is 0.313 e. The topological polar surface area (TPSA) is 19.7 Å². The number of hydrogen-bond donors (Lipinski definition) is 0. The molecule has 0 bridgehead atoms. The Kier molecular flexibility index (Phi) is 6.53. The summed E-state index contributed by atoms with van der Waals surface area (Å²) in [4.78, 5) is 0. The molecule has 13 rings (SSSR count). The van der Waals surface area contributed by atoms with Crippen LogP contribution in [-0.2, 0) is 6.42 Å². The second-order valence-corrected chi connectivity index (χ2v) is 15.6. The van der Waals surface area contributed by atoms with Crippen LogP contribution in [0.1, 0.15) is 17.7 Å². The Morgan fingerprint density at radius 1 is 0.328 bits per heavy atom. The molecule has 4 heterocycles. The Morgan fingerprint density at radius 3 is 1.29 bits per heavy atom. The molecule has 1 aliphatic rings. The predicted octanol–water partition coefficient (Wildman–Crippen LogP) is 13.9. The second-order valence-electron chi connectivity index (χ2n) is 15.6. The van der Waals surface area contributed by atoms with Gasteiger partial charge in [-0.15, -0.1) is 0 Å². The van der Waals surface area contributed by atoms with Gasteiger partial charge in [0.1, 0.15) is 0 Å². The van der Waals surface area contributed by atoms with Gasteiger partial charge in [-0.05, 0) is 85.6 Å². The maximum atomic E-state index is 2.53. The fraction of sp³-hybridized carbons (Fsp3) is 0.0370. The van der Waals surface area contributed by atoms with Crippen molar-refractivity contribution in [2.45, 2.75) is 12.8 Å². The summed E-state index contributed by atoms with van der Waals surface area (Å²) in [6, 6.07) is 66.9. The highest BCUT2D eigenvalue weighted by molar-refractivity contribution is 6.17. The monoisotopic (exact) mass is 740 g/mol. The Bertz CT molecular complexity index is 3590. The minimum atomic E-state index is 0.981. The van der Waals surface area contributed by atoms with E-state index in [-0.39, 0.29) is 0 Å². The lowest BCUT2D eigenvalue weighted by Gasteiger charge is -2.16. The molecule has 0 spiro atoms. The minimum Gasteiger partial charge on any atom is -0.313 e. The summed E-state index contributed by atoms with van der Waals surface area (Å²) in [5.74, 6) is 0. The van der Waals surface area contributed by atoms with Crippen LogP contribution < -0.4 is 0 Å². The summed E-state index contributed by atoms with van der Waals surface area (Å²) in [6.07, 6.45) is 6.71. The molecule has 0 amide bonds. The summed E-state index contributed by atoms with van der Waals surface area (Å²) in [5.41, 5.74) is 15.9. The van der Waals surface area contributed by atoms with Gasteiger partial charge in [-0.2, -0.15) is 0 Å². The summed E-state index contributed by atoms with van der Waals surface area (Å²) < 4.78 is 9.93. The molecular weight excluding hydrogens is 705 g/mol. The van der Waals surface area contributed by atoms with Crippen molar-refractivity contribution in [2.75, 3.05) is 0 Å². The van der Waals surface area contributed by atoms with E-state index in [2.05, 4.69) is 212 Å². The van der Waals surface area contributed by atoms with Gasteiger partial charge in [0.15, 0.2) is 0 Å². The fourth-order valence-corrected chi connectivity index (χ4v) is 10.3. The van der Waals surface area contributed by atoms with Crippen molar-refractivity contribution in [3.05, 3.63) is 199 Å². The molecular formula is C54H36N4. The average Bonchev–Trinajstić information content (AvgIpc) is 4.02. The Morgan fingerprint density at radius 2 is 0.741 bits per heavy atom. The van der Waals surface area contributed by atoms with Crippen molar-refractivity contribution in [3.8, 4) is 22.7 Å². The molecule has 1 aliphatic carbocycles. The molecule has 272 valence electrons. The molecule has 0 saturated heterocycles. The van der Waals surface area contributed by atoms with Gasteiger partial charge in [-0.25, -0.2) is 0 Å². The van der Waals surface area contributed by atoms with Gasteiger partial charge in [0.05, 0.1) is 50.0 Å². The van der Waals surface area contributed by atoms with Gasteiger partial charge in [0.2, 0.25) is 0 Å². The van der Waals surface area contributed by atoms with Crippen LogP contribution in [0.5, 0.6) is 0 Å². The quantitative estimate of drug-likeness (QED) is 0.171. The molecule has 0 aliphatic heterocycles. The Labute approximate surface area is 334 Å². The Balaban J connectivity index is 1.06. The maximum absolute atomic E-state index is 2.53. The zero-order chi connectivity index (χ0) is 37.9. The molecule has 58 heavy (non-hydrogen) atoms. The highest BCUT2D eigenvalue weighted by Crippen LogP contribution is 2.43. The van der Waals surface area contributed by atoms with Crippen LogP contribution in [0, 0.1) is 0 Å². The van der Waals surface area contributed by atoms with E-state index in [1.807, 2.05) is 0 Å². The van der Waals surface area contributed by atoms with E-state index in [0.29, 0.717) is 0 Å². The molecule has 4 heteroatoms. The average molecular weight is 741 g/mol. The predicted molar refractivity (Wildman–Crippen MR) is 244 cm³/mol. The van der Waals surface area contributed by atoms with Gasteiger partial charge < -0.3 is 18.3 Å². The van der Waals surface area contributed by atoms with E-state index < -0.39 is 0 Å². The van der Waals surface area contributed by atoms with Crippen molar-refractivity contribution in [2.24, 2.45) is 0 Å². The smallest absolute Gasteiger partial charge is 0.0562 e. The van der Waals surface area contributed by atoms with Crippen molar-refractivity contribution in [1.29, 1.82) is 0 Å². The molecule has 0 atom stereocenters. The van der Waals surface area contributed by atoms with E-state index in [1.165, 1.54) is 105 Å². The molecule has 0 N–H and O–H groups in total. The molecule has 4 nitrogen and oxygen atoms in total. The molecule has 0 radical (unpaired) electrons. The van der Waals surface area contributed by atoms with Crippen molar-refractivity contribution in [1.82, 2.24) is 18.3 Å². The molecule has 0 unspecified atom stereocenters. The van der Waals surface area contributed by atoms with Crippen LogP contribution >= 0.6 is 0 Å². The second kappa shape index (κ2) is 12.0. The van der Waals surface area contributed by atoms with Crippen LogP contribution in [0.2, 0.25) is 0 Å². The number of benzene rings is 8. The summed E-state index contributed by atoms with van der Waals surface area (Å²) in [7, 11) is 0. The number of rotatable bonds is 4. The lowest BCUT2D eigenvalue weighted by atomic mass is 10.0. The number of nitrogens with zero attached hydrogens (tertiary/aromatic N) is 4. The van der Waals surface area contributed by atoms with E-state index in [9.17, 15) is 0 Å². The zero-order valence-corrected chi connectivity index (χ0v) is 31.7. The number of allylic oxidation sites excluding steroid dienone is 1. The maximum Gasteiger partial charge on any atom is 0.0562 e. The van der Waals surface area contributed by atoms with Gasteiger partial charge in [-0.3, -0.25) is 0 Å². The number of fused-ring (bicyclic) bond motifs is 12. The van der Waals surface area contributed by atoms with Crippen molar-refractivity contribution >= 4 is 82.4 Å². The number of hydrogen-bond acceptors (Lipinski definition) is 0. The lowest BCUT2D eigenvalue weighted by Crippen LogP contribution is -2.04. The fourth-order valence-electron chi connectivity index (χ4n) is 10.3. The third kappa shape index (κ3) is 4.24. The van der Waals surface area contributed by atoms with E-state index in [4.69, 9.17) is 0 Å². The van der Waals surface area contributed by atoms with Crippen LogP contribution in [0.25, 0.3) is 105 Å². The van der Waals surface area contributed by atoms with Crippen LogP contribution in [0.4, 0.5) is 0 Å². The lowest BCUT2D eigenvalue weighted by molar-refractivity contribution is 0.887. The van der Waals surface area contributed by atoms with Crippen molar-refractivity contribution < 1.29 is 0 Å². The van der Waals surface area contributed by atoms with Crippen LogP contribution in [0.3, 0.4) is 0 Å². The van der Waals surface area contributed by atoms with Crippen molar-refractivity contribution in [3.63, 3.8) is 0 Å².